The summed E-state index contributed by atoms with van der Waals surface area (Å²) in [5.41, 5.74) is 3.36. The van der Waals surface area contributed by atoms with E-state index < -0.39 is 0 Å². The molecule has 0 radical (unpaired) electrons. The number of rotatable bonds is 2. The third kappa shape index (κ3) is 1.78. The molecule has 0 atom stereocenters. The zero-order chi connectivity index (χ0) is 11.7. The normalized spacial score (nSPS) is 10.8. The number of phenols is 1. The quantitative estimate of drug-likeness (QED) is 0.685. The summed E-state index contributed by atoms with van der Waals surface area (Å²) in [7, 11) is 0. The highest BCUT2D eigenvalue weighted by Gasteiger charge is 2.07. The Morgan fingerprint density at radius 2 is 1.76 bits per heavy atom. The molecule has 0 aliphatic heterocycles. The number of nitrogens with one attached hydrogen (secondary N) is 1. The van der Waals surface area contributed by atoms with Crippen molar-refractivity contribution < 1.29 is 5.11 Å². The van der Waals surface area contributed by atoms with Crippen molar-refractivity contribution in [3.05, 3.63) is 65.9 Å². The Balaban J connectivity index is 2.07. The molecule has 1 heterocycles. The van der Waals surface area contributed by atoms with Gasteiger partial charge in [0.15, 0.2) is 0 Å². The standard InChI is InChI=1S/C15H13NO/c17-14-8-4-7-13-15(14)12(10-16-13)9-11-5-2-1-3-6-11/h1-8,10,16-17H,9H2. The Morgan fingerprint density at radius 3 is 2.59 bits per heavy atom. The molecule has 0 aliphatic rings. The molecule has 17 heavy (non-hydrogen) atoms. The van der Waals surface area contributed by atoms with Gasteiger partial charge in [-0.1, -0.05) is 36.4 Å². The number of H-pyrrole nitrogens is 1. The van der Waals surface area contributed by atoms with Gasteiger partial charge < -0.3 is 10.1 Å². The first-order valence-electron chi connectivity index (χ1n) is 5.66. The van der Waals surface area contributed by atoms with E-state index in [1.807, 2.05) is 36.5 Å². The van der Waals surface area contributed by atoms with Crippen LogP contribution in [0.3, 0.4) is 0 Å². The molecule has 0 unspecified atom stereocenters. The van der Waals surface area contributed by atoms with Crippen LogP contribution in [0, 0.1) is 0 Å². The average molecular weight is 223 g/mol. The molecular formula is C15H13NO. The SMILES string of the molecule is Oc1cccc2[nH]cc(Cc3ccccc3)c12. The molecule has 2 heteroatoms. The number of phenolic OH excluding ortho intramolecular Hbond substituents is 1. The number of fused-ring (bicyclic) bond motifs is 1. The highest BCUT2D eigenvalue weighted by Crippen LogP contribution is 2.28. The molecule has 0 saturated heterocycles. The molecule has 3 rings (SSSR count). The van der Waals surface area contributed by atoms with Crippen molar-refractivity contribution in [3.8, 4) is 5.75 Å². The average Bonchev–Trinajstić information content (AvgIpc) is 2.75. The third-order valence-corrected chi connectivity index (χ3v) is 3.00. The van der Waals surface area contributed by atoms with Gasteiger partial charge >= 0.3 is 0 Å². The van der Waals surface area contributed by atoms with Gasteiger partial charge in [-0.25, -0.2) is 0 Å². The van der Waals surface area contributed by atoms with Crippen molar-refractivity contribution >= 4 is 10.9 Å². The number of hydrogen-bond acceptors (Lipinski definition) is 1. The van der Waals surface area contributed by atoms with E-state index in [-0.39, 0.29) is 0 Å². The van der Waals surface area contributed by atoms with Crippen LogP contribution in [0.4, 0.5) is 0 Å². The topological polar surface area (TPSA) is 36.0 Å². The second kappa shape index (κ2) is 3.98. The number of benzene rings is 2. The first-order chi connectivity index (χ1) is 8.34. The molecule has 0 bridgehead atoms. The molecule has 0 amide bonds. The van der Waals surface area contributed by atoms with Crippen LogP contribution in [0.2, 0.25) is 0 Å². The number of aromatic nitrogens is 1. The van der Waals surface area contributed by atoms with E-state index in [1.54, 1.807) is 6.07 Å². The largest absolute Gasteiger partial charge is 0.507 e. The maximum atomic E-state index is 9.90. The monoisotopic (exact) mass is 223 g/mol. The van der Waals surface area contributed by atoms with Crippen LogP contribution in [0.25, 0.3) is 10.9 Å². The van der Waals surface area contributed by atoms with Gasteiger partial charge in [0.05, 0.1) is 0 Å². The summed E-state index contributed by atoms with van der Waals surface area (Å²) in [5, 5.41) is 10.8. The third-order valence-electron chi connectivity index (χ3n) is 3.00. The molecule has 0 fully saturated rings. The van der Waals surface area contributed by atoms with Gasteiger partial charge in [0.2, 0.25) is 0 Å². The van der Waals surface area contributed by atoms with Crippen LogP contribution in [0.15, 0.2) is 54.7 Å². The molecule has 0 aliphatic carbocycles. The molecule has 2 aromatic carbocycles. The van der Waals surface area contributed by atoms with Crippen LogP contribution in [-0.4, -0.2) is 10.1 Å². The Labute approximate surface area is 99.5 Å². The number of aromatic hydroxyl groups is 1. The predicted octanol–water partition coefficient (Wildman–Crippen LogP) is 3.46. The molecule has 0 saturated carbocycles. The van der Waals surface area contributed by atoms with Crippen LogP contribution < -0.4 is 0 Å². The lowest BCUT2D eigenvalue weighted by Crippen LogP contribution is -1.85. The smallest absolute Gasteiger partial charge is 0.125 e. The van der Waals surface area contributed by atoms with Crippen molar-refractivity contribution in [2.24, 2.45) is 0 Å². The van der Waals surface area contributed by atoms with E-state index in [9.17, 15) is 5.11 Å². The molecule has 2 N–H and O–H groups in total. The van der Waals surface area contributed by atoms with Crippen LogP contribution >= 0.6 is 0 Å². The highest BCUT2D eigenvalue weighted by atomic mass is 16.3. The van der Waals surface area contributed by atoms with Gasteiger partial charge in [-0.05, 0) is 29.7 Å². The van der Waals surface area contributed by atoms with Crippen molar-refractivity contribution in [1.29, 1.82) is 0 Å². The Kier molecular flexibility index (Phi) is 2.33. The lowest BCUT2D eigenvalue weighted by Gasteiger charge is -2.01. The Morgan fingerprint density at radius 1 is 0.941 bits per heavy atom. The van der Waals surface area contributed by atoms with E-state index in [4.69, 9.17) is 0 Å². The molecule has 3 aromatic rings. The van der Waals surface area contributed by atoms with Crippen molar-refractivity contribution in [2.75, 3.05) is 0 Å². The van der Waals surface area contributed by atoms with E-state index in [0.717, 1.165) is 22.9 Å². The van der Waals surface area contributed by atoms with Crippen LogP contribution in [0.5, 0.6) is 5.75 Å². The van der Waals surface area contributed by atoms with Crippen molar-refractivity contribution in [2.45, 2.75) is 6.42 Å². The summed E-state index contributed by atoms with van der Waals surface area (Å²) in [5.74, 6) is 0.342. The fourth-order valence-corrected chi connectivity index (χ4v) is 2.19. The lowest BCUT2D eigenvalue weighted by molar-refractivity contribution is 0.481. The van der Waals surface area contributed by atoms with Gasteiger partial charge in [0.25, 0.3) is 0 Å². The van der Waals surface area contributed by atoms with E-state index in [1.165, 1.54) is 5.56 Å². The van der Waals surface area contributed by atoms with Gasteiger partial charge in [0, 0.05) is 17.1 Å². The zero-order valence-corrected chi connectivity index (χ0v) is 9.35. The van der Waals surface area contributed by atoms with Gasteiger partial charge in [-0.2, -0.15) is 0 Å². The maximum Gasteiger partial charge on any atom is 0.125 e. The van der Waals surface area contributed by atoms with Gasteiger partial charge in [-0.3, -0.25) is 0 Å². The van der Waals surface area contributed by atoms with E-state index in [0.29, 0.717) is 5.75 Å². The minimum atomic E-state index is 0.342. The fourth-order valence-electron chi connectivity index (χ4n) is 2.19. The molecule has 2 nitrogen and oxygen atoms in total. The minimum Gasteiger partial charge on any atom is -0.507 e. The second-order valence-corrected chi connectivity index (χ2v) is 4.18. The molecule has 84 valence electrons. The number of aromatic amines is 1. The van der Waals surface area contributed by atoms with Gasteiger partial charge in [-0.15, -0.1) is 0 Å². The lowest BCUT2D eigenvalue weighted by atomic mass is 10.0. The zero-order valence-electron chi connectivity index (χ0n) is 9.35. The summed E-state index contributed by atoms with van der Waals surface area (Å²) in [6.45, 7) is 0. The van der Waals surface area contributed by atoms with E-state index >= 15 is 0 Å². The summed E-state index contributed by atoms with van der Waals surface area (Å²) in [4.78, 5) is 3.19. The fraction of sp³-hybridized carbons (Fsp3) is 0.0667. The summed E-state index contributed by atoms with van der Waals surface area (Å²) < 4.78 is 0. The summed E-state index contributed by atoms with van der Waals surface area (Å²) in [6, 6.07) is 15.8. The second-order valence-electron chi connectivity index (χ2n) is 4.18. The Hall–Kier alpha value is -2.22. The van der Waals surface area contributed by atoms with E-state index in [2.05, 4.69) is 17.1 Å². The highest BCUT2D eigenvalue weighted by molar-refractivity contribution is 5.89. The Bertz CT molecular complexity index is 640. The molecular weight excluding hydrogens is 210 g/mol. The molecule has 1 aromatic heterocycles. The van der Waals surface area contributed by atoms with Gasteiger partial charge in [0.1, 0.15) is 5.75 Å². The first kappa shape index (κ1) is 9.97. The maximum absolute atomic E-state index is 9.90. The van der Waals surface area contributed by atoms with Crippen molar-refractivity contribution in [1.82, 2.24) is 4.98 Å². The predicted molar refractivity (Wildman–Crippen MR) is 69.2 cm³/mol. The number of hydrogen-bond donors (Lipinski definition) is 2. The minimum absolute atomic E-state index is 0.342. The van der Waals surface area contributed by atoms with Crippen LogP contribution in [0.1, 0.15) is 11.1 Å². The summed E-state index contributed by atoms with van der Waals surface area (Å²) >= 11 is 0. The van der Waals surface area contributed by atoms with Crippen molar-refractivity contribution in [3.63, 3.8) is 0 Å². The molecule has 0 spiro atoms. The summed E-state index contributed by atoms with van der Waals surface area (Å²) in [6.07, 6.45) is 2.80. The van der Waals surface area contributed by atoms with Crippen LogP contribution in [-0.2, 0) is 6.42 Å². The first-order valence-corrected chi connectivity index (χ1v) is 5.66.